The molecule has 0 amide bonds. The number of fused-ring (bicyclic) bond motifs is 1. The van der Waals surface area contributed by atoms with Gasteiger partial charge in [-0.2, -0.15) is 5.10 Å². The minimum absolute atomic E-state index is 0.0133. The lowest BCUT2D eigenvalue weighted by Crippen LogP contribution is -2.13. The van der Waals surface area contributed by atoms with Gasteiger partial charge in [0.05, 0.1) is 19.7 Å². The average molecular weight is 482 g/mol. The normalized spacial score (nSPS) is 12.1. The number of carbonyl (C=O) groups is 1. The second kappa shape index (κ2) is 8.60. The van der Waals surface area contributed by atoms with Gasteiger partial charge in [-0.05, 0) is 25.1 Å². The number of aryl methyl sites for hydroxylation is 1. The topological polar surface area (TPSA) is 175 Å². The van der Waals surface area contributed by atoms with Crippen LogP contribution in [0, 0.1) is 6.92 Å². The van der Waals surface area contributed by atoms with Crippen molar-refractivity contribution in [2.75, 3.05) is 7.11 Å². The van der Waals surface area contributed by atoms with Gasteiger partial charge in [0.25, 0.3) is 0 Å². The van der Waals surface area contributed by atoms with Gasteiger partial charge < -0.3 is 34.7 Å². The highest BCUT2D eigenvalue weighted by molar-refractivity contribution is 5.92. The summed E-state index contributed by atoms with van der Waals surface area (Å²) in [5, 5.41) is 55.2. The molecule has 5 N–H and O–H groups in total. The Kier molecular flexibility index (Phi) is 5.77. The quantitative estimate of drug-likeness (QED) is 0.210. The van der Waals surface area contributed by atoms with Gasteiger partial charge >= 0.3 is 5.97 Å². The summed E-state index contributed by atoms with van der Waals surface area (Å²) in [5.41, 5.74) is -0.0882. The third-order valence-corrected chi connectivity index (χ3v) is 5.97. The maximum Gasteiger partial charge on any atom is 0.306 e. The molecule has 0 saturated carbocycles. The zero-order valence-electron chi connectivity index (χ0n) is 18.9. The second-order valence-corrected chi connectivity index (χ2v) is 7.99. The molecule has 0 fully saturated rings. The van der Waals surface area contributed by atoms with Crippen molar-refractivity contribution in [1.82, 2.24) is 9.78 Å². The number of rotatable bonds is 5. The van der Waals surface area contributed by atoms with E-state index in [1.54, 1.807) is 18.7 Å². The Bertz CT molecular complexity index is 1530. The molecule has 2 heterocycles. The van der Waals surface area contributed by atoms with E-state index in [0.29, 0.717) is 11.3 Å². The zero-order valence-corrected chi connectivity index (χ0v) is 18.9. The van der Waals surface area contributed by atoms with Crippen molar-refractivity contribution in [3.8, 4) is 40.1 Å². The van der Waals surface area contributed by atoms with E-state index in [9.17, 15) is 35.1 Å². The van der Waals surface area contributed by atoms with Crippen LogP contribution in [0.5, 0.6) is 28.7 Å². The summed E-state index contributed by atoms with van der Waals surface area (Å²) in [6, 6.07) is 4.42. The maximum atomic E-state index is 13.1. The summed E-state index contributed by atoms with van der Waals surface area (Å²) in [6.45, 7) is 1.75. The van der Waals surface area contributed by atoms with Crippen molar-refractivity contribution < 1.29 is 39.5 Å². The van der Waals surface area contributed by atoms with Crippen molar-refractivity contribution in [1.29, 1.82) is 0 Å². The number of ether oxygens (including phenoxy) is 1. The van der Waals surface area contributed by atoms with Gasteiger partial charge in [-0.1, -0.05) is 0 Å². The van der Waals surface area contributed by atoms with Crippen LogP contribution in [0.25, 0.3) is 22.3 Å². The van der Waals surface area contributed by atoms with Crippen LogP contribution in [-0.2, 0) is 16.6 Å². The first-order chi connectivity index (χ1) is 16.5. The number of hydrogen-bond acceptors (Lipinski definition) is 10. The molecule has 0 saturated heterocycles. The zero-order chi connectivity index (χ0) is 25.6. The first-order valence-electron chi connectivity index (χ1n) is 10.4. The summed E-state index contributed by atoms with van der Waals surface area (Å²) in [6.07, 6.45) is 1.23. The Labute approximate surface area is 197 Å². The molecule has 1 atom stereocenters. The molecular weight excluding hydrogens is 460 g/mol. The minimum atomic E-state index is -1.01. The number of methoxy groups -OCH3 is 1. The molecule has 0 spiro atoms. The third kappa shape index (κ3) is 3.86. The van der Waals surface area contributed by atoms with E-state index in [-0.39, 0.29) is 28.9 Å². The van der Waals surface area contributed by atoms with Crippen molar-refractivity contribution in [2.24, 2.45) is 7.05 Å². The number of hydrogen-bond donors (Lipinski definition) is 5. The fourth-order valence-electron chi connectivity index (χ4n) is 4.02. The number of phenolic OH excluding ortho intramolecular Hbond substituents is 4. The molecular formula is C24H22N2O9. The van der Waals surface area contributed by atoms with Crippen LogP contribution >= 0.6 is 0 Å². The molecule has 0 radical (unpaired) electrons. The second-order valence-electron chi connectivity index (χ2n) is 7.99. The van der Waals surface area contributed by atoms with Gasteiger partial charge in [-0.3, -0.25) is 14.3 Å². The van der Waals surface area contributed by atoms with Crippen LogP contribution in [0.1, 0.15) is 29.2 Å². The lowest BCUT2D eigenvalue weighted by atomic mass is 9.86. The van der Waals surface area contributed by atoms with Crippen LogP contribution in [0.2, 0.25) is 0 Å². The molecule has 11 nitrogen and oxygen atoms in total. The third-order valence-electron chi connectivity index (χ3n) is 5.97. The molecule has 0 bridgehead atoms. The maximum absolute atomic E-state index is 13.1. The van der Waals surface area contributed by atoms with Crippen molar-refractivity contribution in [2.45, 2.75) is 19.3 Å². The number of benzene rings is 2. The Morgan fingerprint density at radius 2 is 1.80 bits per heavy atom. The Morgan fingerprint density at radius 1 is 1.09 bits per heavy atom. The summed E-state index contributed by atoms with van der Waals surface area (Å²) in [7, 11) is 2.90. The van der Waals surface area contributed by atoms with E-state index in [2.05, 4.69) is 5.10 Å². The molecule has 4 rings (SSSR count). The lowest BCUT2D eigenvalue weighted by molar-refractivity contribution is -0.140. The molecule has 4 aromatic rings. The van der Waals surface area contributed by atoms with Crippen molar-refractivity contribution in [3.05, 3.63) is 57.5 Å². The van der Waals surface area contributed by atoms with Crippen LogP contribution in [0.3, 0.4) is 0 Å². The number of phenols is 4. The van der Waals surface area contributed by atoms with Crippen LogP contribution in [0.15, 0.2) is 39.7 Å². The molecule has 0 aliphatic rings. The van der Waals surface area contributed by atoms with E-state index >= 15 is 0 Å². The monoisotopic (exact) mass is 482 g/mol. The summed E-state index contributed by atoms with van der Waals surface area (Å²) in [4.78, 5) is 25.4. The van der Waals surface area contributed by atoms with Gasteiger partial charge in [0, 0.05) is 41.4 Å². The molecule has 2 aromatic heterocycles. The van der Waals surface area contributed by atoms with E-state index in [4.69, 9.17) is 9.15 Å². The molecule has 0 aliphatic carbocycles. The summed E-state index contributed by atoms with van der Waals surface area (Å²) < 4.78 is 12.3. The van der Waals surface area contributed by atoms with Gasteiger partial charge in [-0.25, -0.2) is 0 Å². The van der Waals surface area contributed by atoms with E-state index < -0.39 is 51.4 Å². The molecule has 0 aliphatic heterocycles. The fraction of sp³-hybridized carbons (Fsp3) is 0.208. The molecule has 2 aromatic carbocycles. The molecule has 35 heavy (non-hydrogen) atoms. The van der Waals surface area contributed by atoms with Crippen molar-refractivity contribution >= 4 is 16.9 Å². The largest absolute Gasteiger partial charge is 0.507 e. The van der Waals surface area contributed by atoms with E-state index in [1.807, 2.05) is 0 Å². The van der Waals surface area contributed by atoms with Crippen molar-refractivity contribution in [3.63, 3.8) is 0 Å². The van der Waals surface area contributed by atoms with Gasteiger partial charge in [0.1, 0.15) is 22.5 Å². The lowest BCUT2D eigenvalue weighted by Gasteiger charge is -2.20. The Morgan fingerprint density at radius 3 is 2.40 bits per heavy atom. The minimum Gasteiger partial charge on any atom is -0.507 e. The van der Waals surface area contributed by atoms with Crippen LogP contribution < -0.4 is 5.43 Å². The first-order valence-corrected chi connectivity index (χ1v) is 10.4. The fourth-order valence-corrected chi connectivity index (χ4v) is 4.02. The highest BCUT2D eigenvalue weighted by Gasteiger charge is 2.31. The number of aromatic hydroxyl groups is 5. The number of aromatic nitrogens is 2. The summed E-state index contributed by atoms with van der Waals surface area (Å²) >= 11 is 0. The highest BCUT2D eigenvalue weighted by Crippen LogP contribution is 2.45. The highest BCUT2D eigenvalue weighted by atomic mass is 16.5. The molecule has 0 unspecified atom stereocenters. The first kappa shape index (κ1) is 23.5. The molecule has 182 valence electrons. The standard InChI is InChI=1S/C24H22N2O9/c1-10-13(9-25-26(10)2)12(7-18(31)34-3)19-16(29)8-17(30)20-21(32)22(33)23(35-24(19)20)11-4-5-14(27)15(28)6-11/h4-6,8-9,12,27-30,33H,7H2,1-3H3/t12-/m0/s1. The Hall–Kier alpha value is -4.67. The van der Waals surface area contributed by atoms with Gasteiger partial charge in [0.2, 0.25) is 11.2 Å². The SMILES string of the molecule is COC(=O)C[C@@H](c1cnn(C)c1C)c1c(O)cc(O)c2c(=O)c(O)c(-c3ccc(O)c(O)c3)oc12. The Balaban J connectivity index is 2.10. The number of nitrogens with zero attached hydrogens (tertiary/aromatic N) is 2. The van der Waals surface area contributed by atoms with E-state index in [0.717, 1.165) is 18.2 Å². The number of esters is 1. The van der Waals surface area contributed by atoms with Crippen LogP contribution in [-0.4, -0.2) is 48.4 Å². The van der Waals surface area contributed by atoms with Gasteiger partial charge in [0.15, 0.2) is 17.3 Å². The summed E-state index contributed by atoms with van der Waals surface area (Å²) in [5.74, 6) is -4.86. The van der Waals surface area contributed by atoms with E-state index in [1.165, 1.54) is 19.4 Å². The van der Waals surface area contributed by atoms with Gasteiger partial charge in [-0.15, -0.1) is 0 Å². The van der Waals surface area contributed by atoms with Crippen LogP contribution in [0.4, 0.5) is 0 Å². The number of carbonyl (C=O) groups excluding carboxylic acids is 1. The molecule has 11 heteroatoms. The average Bonchev–Trinajstić information content (AvgIpc) is 3.14. The predicted molar refractivity (Wildman–Crippen MR) is 123 cm³/mol. The smallest absolute Gasteiger partial charge is 0.306 e. The predicted octanol–water partition coefficient (Wildman–Crippen LogP) is 2.72.